The van der Waals surface area contributed by atoms with Crippen molar-refractivity contribution in [1.29, 1.82) is 0 Å². The molecule has 2 saturated heterocycles. The van der Waals surface area contributed by atoms with Crippen LogP contribution in [0.25, 0.3) is 0 Å². The number of anilines is 1. The first-order chi connectivity index (χ1) is 17.4. The number of morpholine rings is 1. The molecule has 1 aromatic carbocycles. The van der Waals surface area contributed by atoms with Gasteiger partial charge < -0.3 is 14.7 Å². The topological polar surface area (TPSA) is 56.2 Å². The number of hydrogen-bond donors (Lipinski definition) is 1. The average molecular weight is 578 g/mol. The van der Waals surface area contributed by atoms with Crippen molar-refractivity contribution in [2.75, 3.05) is 57.1 Å². The molecule has 6 nitrogen and oxygen atoms in total. The maximum absolute atomic E-state index is 12.9. The molecule has 3 atom stereocenters. The third kappa shape index (κ3) is 8.89. The average Bonchev–Trinajstić information content (AvgIpc) is 3.35. The lowest BCUT2D eigenvalue weighted by molar-refractivity contribution is -0.258. The minimum atomic E-state index is -4.69. The summed E-state index contributed by atoms with van der Waals surface area (Å²) in [6.07, 6.45) is -0.668. The molecule has 3 unspecified atom stereocenters. The SMILES string of the molecule is C.CC(=O)CC1COCC(C)N1C.CC(O)(c1ccc(N2CCN(SC3=CCCS3)CC2)cc1)C(F)(F)F. The lowest BCUT2D eigenvalue weighted by Crippen LogP contribution is -2.49. The van der Waals surface area contributed by atoms with Gasteiger partial charge in [-0.05, 0) is 63.9 Å². The number of allylic oxidation sites excluding steroid dienone is 1. The molecule has 1 aromatic rings. The van der Waals surface area contributed by atoms with E-state index < -0.39 is 11.8 Å². The summed E-state index contributed by atoms with van der Waals surface area (Å²) in [5.41, 5.74) is -2.07. The maximum atomic E-state index is 12.9. The van der Waals surface area contributed by atoms with Gasteiger partial charge in [0.2, 0.25) is 0 Å². The van der Waals surface area contributed by atoms with Crippen LogP contribution in [0.15, 0.2) is 34.6 Å². The number of aliphatic hydroxyl groups is 1. The molecule has 0 aliphatic carbocycles. The van der Waals surface area contributed by atoms with Crippen molar-refractivity contribution in [3.63, 3.8) is 0 Å². The van der Waals surface area contributed by atoms with Crippen LogP contribution in [0.5, 0.6) is 0 Å². The number of carbonyl (C=O) groups excluding carboxylic acids is 1. The number of ether oxygens (including phenoxy) is 1. The summed E-state index contributed by atoms with van der Waals surface area (Å²) in [5, 5.41) is 9.74. The van der Waals surface area contributed by atoms with Gasteiger partial charge in [0.05, 0.1) is 17.5 Å². The highest BCUT2D eigenvalue weighted by Gasteiger charge is 2.51. The van der Waals surface area contributed by atoms with E-state index in [0.29, 0.717) is 19.1 Å². The number of likely N-dealkylation sites (N-methyl/N-ethyl adjacent to an activating group) is 1. The second-order valence-corrected chi connectivity index (χ2v) is 12.4. The van der Waals surface area contributed by atoms with Gasteiger partial charge in [0.25, 0.3) is 0 Å². The summed E-state index contributed by atoms with van der Waals surface area (Å²) in [6, 6.07) is 6.77. The van der Waals surface area contributed by atoms with E-state index in [2.05, 4.69) is 34.2 Å². The Morgan fingerprint density at radius 3 is 2.32 bits per heavy atom. The number of alkyl halides is 3. The van der Waals surface area contributed by atoms with E-state index in [1.165, 1.54) is 16.4 Å². The molecule has 0 radical (unpaired) electrons. The summed E-state index contributed by atoms with van der Waals surface area (Å²) in [5.74, 6) is 1.40. The van der Waals surface area contributed by atoms with E-state index in [4.69, 9.17) is 4.74 Å². The van der Waals surface area contributed by atoms with Crippen molar-refractivity contribution in [1.82, 2.24) is 9.21 Å². The molecule has 2 fully saturated rings. The van der Waals surface area contributed by atoms with Crippen LogP contribution in [0.4, 0.5) is 18.9 Å². The number of nitrogens with zero attached hydrogens (tertiary/aromatic N) is 3. The van der Waals surface area contributed by atoms with Crippen LogP contribution >= 0.6 is 23.7 Å². The molecule has 3 aliphatic rings. The molecular weight excluding hydrogens is 535 g/mol. The molecule has 0 saturated carbocycles. The third-order valence-corrected chi connectivity index (χ3v) is 9.38. The molecule has 11 heteroatoms. The standard InChI is InChI=1S/C17H21F3N2OS2.C9H17NO2.CH4/c1-16(23,17(18,19)20)13-4-6-14(7-5-13)21-8-10-22(11-9-21)25-15-3-2-12-24-15;1-7-5-12-6-9(10(7)3)4-8(2)11;/h3-7,23H,2,8-12H2,1H3;7,9H,4-6H2,1-3H3;1H4. The van der Waals surface area contributed by atoms with Gasteiger partial charge in [0.1, 0.15) is 5.78 Å². The Balaban J connectivity index is 0.000000330. The minimum absolute atomic E-state index is 0. The van der Waals surface area contributed by atoms with E-state index >= 15 is 0 Å². The summed E-state index contributed by atoms with van der Waals surface area (Å²) in [7, 11) is 2.06. The second-order valence-electron chi connectivity index (χ2n) is 9.90. The Morgan fingerprint density at radius 2 is 1.79 bits per heavy atom. The van der Waals surface area contributed by atoms with Gasteiger partial charge in [-0.3, -0.25) is 9.69 Å². The Bertz CT molecular complexity index is 920. The van der Waals surface area contributed by atoms with E-state index in [-0.39, 0.29) is 24.8 Å². The summed E-state index contributed by atoms with van der Waals surface area (Å²) < 4.78 is 47.8. The predicted octanol–water partition coefficient (Wildman–Crippen LogP) is 5.53. The summed E-state index contributed by atoms with van der Waals surface area (Å²) in [4.78, 5) is 15.3. The molecule has 216 valence electrons. The number of hydrogen-bond acceptors (Lipinski definition) is 8. The largest absolute Gasteiger partial charge is 0.421 e. The van der Waals surface area contributed by atoms with Crippen molar-refractivity contribution in [3.8, 4) is 0 Å². The molecule has 0 bridgehead atoms. The van der Waals surface area contributed by atoms with Crippen molar-refractivity contribution in [2.45, 2.75) is 64.9 Å². The zero-order valence-corrected chi connectivity index (χ0v) is 23.6. The van der Waals surface area contributed by atoms with E-state index in [9.17, 15) is 23.1 Å². The Labute approximate surface area is 234 Å². The van der Waals surface area contributed by atoms with Crippen LogP contribution in [-0.2, 0) is 15.1 Å². The molecule has 3 heterocycles. The first-order valence-corrected chi connectivity index (χ1v) is 14.3. The zero-order valence-electron chi connectivity index (χ0n) is 22.0. The molecular formula is C27H42F3N3O3S2. The molecule has 0 aromatic heterocycles. The van der Waals surface area contributed by atoms with Crippen LogP contribution in [0, 0.1) is 0 Å². The van der Waals surface area contributed by atoms with Crippen LogP contribution < -0.4 is 4.90 Å². The van der Waals surface area contributed by atoms with E-state index in [1.54, 1.807) is 31.0 Å². The number of ketones is 1. The Kier molecular flexibility index (Phi) is 12.5. The fraction of sp³-hybridized carbons (Fsp3) is 0.667. The number of piperazine rings is 1. The fourth-order valence-corrected chi connectivity index (χ4v) is 6.53. The van der Waals surface area contributed by atoms with Crippen LogP contribution in [0.3, 0.4) is 0 Å². The van der Waals surface area contributed by atoms with E-state index in [0.717, 1.165) is 57.6 Å². The van der Waals surface area contributed by atoms with Gasteiger partial charge in [0, 0.05) is 56.1 Å². The smallest absolute Gasteiger partial charge is 0.378 e. The van der Waals surface area contributed by atoms with Crippen LogP contribution in [0.1, 0.15) is 46.6 Å². The number of rotatable bonds is 6. The van der Waals surface area contributed by atoms with Crippen molar-refractivity contribution >= 4 is 35.2 Å². The van der Waals surface area contributed by atoms with Gasteiger partial charge in [0.15, 0.2) is 5.60 Å². The monoisotopic (exact) mass is 577 g/mol. The quantitative estimate of drug-likeness (QED) is 0.444. The normalized spacial score (nSPS) is 24.5. The molecule has 3 aliphatic heterocycles. The van der Waals surface area contributed by atoms with Gasteiger partial charge in [-0.15, -0.1) is 11.8 Å². The number of benzene rings is 1. The molecule has 4 rings (SSSR count). The van der Waals surface area contributed by atoms with Crippen molar-refractivity contribution < 1.29 is 27.8 Å². The highest BCUT2D eigenvalue weighted by molar-refractivity contribution is 8.21. The van der Waals surface area contributed by atoms with Gasteiger partial charge >= 0.3 is 6.18 Å². The van der Waals surface area contributed by atoms with Crippen molar-refractivity contribution in [3.05, 3.63) is 40.1 Å². The highest BCUT2D eigenvalue weighted by atomic mass is 32.2. The first-order valence-electron chi connectivity index (χ1n) is 12.6. The van der Waals surface area contributed by atoms with Gasteiger partial charge in [-0.1, -0.05) is 25.6 Å². The highest BCUT2D eigenvalue weighted by Crippen LogP contribution is 2.39. The molecule has 1 N–H and O–H groups in total. The lowest BCUT2D eigenvalue weighted by atomic mass is 9.95. The van der Waals surface area contributed by atoms with Gasteiger partial charge in [-0.25, -0.2) is 4.31 Å². The number of thioether (sulfide) groups is 1. The van der Waals surface area contributed by atoms with E-state index in [1.807, 2.05) is 11.8 Å². The molecule has 0 spiro atoms. The Morgan fingerprint density at radius 1 is 1.16 bits per heavy atom. The number of carbonyl (C=O) groups is 1. The maximum Gasteiger partial charge on any atom is 0.421 e. The fourth-order valence-electron chi connectivity index (χ4n) is 4.29. The summed E-state index contributed by atoms with van der Waals surface area (Å²) in [6.45, 7) is 9.49. The van der Waals surface area contributed by atoms with Crippen LogP contribution in [-0.4, -0.2) is 90.5 Å². The molecule has 0 amide bonds. The second kappa shape index (κ2) is 14.4. The molecule has 38 heavy (non-hydrogen) atoms. The third-order valence-electron chi connectivity index (χ3n) is 6.94. The van der Waals surface area contributed by atoms with Crippen molar-refractivity contribution in [2.24, 2.45) is 0 Å². The first kappa shape index (κ1) is 33.0. The van der Waals surface area contributed by atoms with Gasteiger partial charge in [-0.2, -0.15) is 13.2 Å². The number of halogens is 3. The number of Topliss-reactive ketones (excluding diaryl/α,β-unsaturated/α-hetero) is 1. The minimum Gasteiger partial charge on any atom is -0.378 e. The summed E-state index contributed by atoms with van der Waals surface area (Å²) >= 11 is 3.70. The zero-order chi connectivity index (χ0) is 27.2. The van der Waals surface area contributed by atoms with Crippen LogP contribution in [0.2, 0.25) is 0 Å². The predicted molar refractivity (Wildman–Crippen MR) is 152 cm³/mol. The Hall–Kier alpha value is -1.24. The lowest BCUT2D eigenvalue weighted by Gasteiger charge is -2.37.